The first-order valence-corrected chi connectivity index (χ1v) is 7.78. The van der Waals surface area contributed by atoms with Crippen molar-refractivity contribution in [1.82, 2.24) is 0 Å². The second-order valence-corrected chi connectivity index (χ2v) is 7.11. The van der Waals surface area contributed by atoms with Gasteiger partial charge in [0.1, 0.15) is 0 Å². The van der Waals surface area contributed by atoms with Gasteiger partial charge in [0, 0.05) is 6.04 Å². The molecule has 1 fully saturated rings. The van der Waals surface area contributed by atoms with Gasteiger partial charge in [0.25, 0.3) is 0 Å². The first kappa shape index (κ1) is 13.0. The summed E-state index contributed by atoms with van der Waals surface area (Å²) in [6.45, 7) is 1.86. The molecule has 2 N–H and O–H groups in total. The summed E-state index contributed by atoms with van der Waals surface area (Å²) in [5.74, 6) is 1.07. The Hall–Kier alpha value is -0.0900. The molecule has 15 heavy (non-hydrogen) atoms. The molecule has 0 amide bonds. The topological polar surface area (TPSA) is 60.2 Å². The summed E-state index contributed by atoms with van der Waals surface area (Å²) in [5.41, 5.74) is 5.57. The summed E-state index contributed by atoms with van der Waals surface area (Å²) in [7, 11) is -2.86. The third-order valence-electron chi connectivity index (χ3n) is 3.10. The lowest BCUT2D eigenvalue weighted by Gasteiger charge is -2.21. The molecule has 1 unspecified atom stereocenters. The van der Waals surface area contributed by atoms with Crippen molar-refractivity contribution in [2.75, 3.05) is 11.5 Å². The van der Waals surface area contributed by atoms with Crippen LogP contribution in [0.5, 0.6) is 0 Å². The normalized spacial score (nSPS) is 21.5. The van der Waals surface area contributed by atoms with Gasteiger partial charge in [0.15, 0.2) is 9.84 Å². The maximum atomic E-state index is 11.7. The van der Waals surface area contributed by atoms with E-state index in [1.165, 1.54) is 19.3 Å². The van der Waals surface area contributed by atoms with Gasteiger partial charge in [-0.3, -0.25) is 0 Å². The van der Waals surface area contributed by atoms with Crippen LogP contribution in [0.15, 0.2) is 0 Å². The summed E-state index contributed by atoms with van der Waals surface area (Å²) >= 11 is 0. The summed E-state index contributed by atoms with van der Waals surface area (Å²) in [5, 5.41) is 0. The lowest BCUT2D eigenvalue weighted by Crippen LogP contribution is -2.25. The molecule has 0 aromatic carbocycles. The van der Waals surface area contributed by atoms with Gasteiger partial charge >= 0.3 is 0 Å². The highest BCUT2D eigenvalue weighted by Gasteiger charge is 2.21. The van der Waals surface area contributed by atoms with Crippen LogP contribution >= 0.6 is 0 Å². The van der Waals surface area contributed by atoms with Crippen LogP contribution in [-0.4, -0.2) is 26.0 Å². The van der Waals surface area contributed by atoms with Gasteiger partial charge in [-0.25, -0.2) is 8.42 Å². The predicted octanol–water partition coefficient (Wildman–Crippen LogP) is 1.72. The first-order valence-electron chi connectivity index (χ1n) is 5.95. The van der Waals surface area contributed by atoms with Gasteiger partial charge in [-0.05, 0) is 32.1 Å². The molecule has 3 nitrogen and oxygen atoms in total. The van der Waals surface area contributed by atoms with Gasteiger partial charge in [-0.1, -0.05) is 19.3 Å². The summed E-state index contributed by atoms with van der Waals surface area (Å²) in [6.07, 6.45) is 6.46. The smallest absolute Gasteiger partial charge is 0.150 e. The molecule has 1 saturated carbocycles. The maximum absolute atomic E-state index is 11.7. The minimum atomic E-state index is -2.86. The minimum absolute atomic E-state index is 0.00821. The molecule has 0 saturated heterocycles. The molecule has 0 heterocycles. The van der Waals surface area contributed by atoms with Crippen LogP contribution < -0.4 is 5.73 Å². The number of nitrogens with two attached hydrogens (primary N) is 1. The highest BCUT2D eigenvalue weighted by molar-refractivity contribution is 7.91. The minimum Gasteiger partial charge on any atom is -0.328 e. The molecule has 0 spiro atoms. The van der Waals surface area contributed by atoms with E-state index in [1.54, 1.807) is 0 Å². The van der Waals surface area contributed by atoms with E-state index in [2.05, 4.69) is 0 Å². The number of sulfone groups is 1. The molecule has 0 aliphatic heterocycles. The van der Waals surface area contributed by atoms with Crippen LogP contribution in [-0.2, 0) is 9.84 Å². The zero-order valence-electron chi connectivity index (χ0n) is 9.61. The van der Waals surface area contributed by atoms with Gasteiger partial charge in [-0.15, -0.1) is 0 Å². The fraction of sp³-hybridized carbons (Fsp3) is 1.00. The Labute approximate surface area is 93.3 Å². The van der Waals surface area contributed by atoms with Crippen LogP contribution in [0.3, 0.4) is 0 Å². The zero-order chi connectivity index (χ0) is 11.3. The van der Waals surface area contributed by atoms with Crippen molar-refractivity contribution < 1.29 is 8.42 Å². The Balaban J connectivity index is 2.34. The number of hydrogen-bond acceptors (Lipinski definition) is 3. The Morgan fingerprint density at radius 1 is 1.27 bits per heavy atom. The van der Waals surface area contributed by atoms with E-state index in [0.29, 0.717) is 18.1 Å². The molecule has 1 atom stereocenters. The van der Waals surface area contributed by atoms with E-state index < -0.39 is 9.84 Å². The van der Waals surface area contributed by atoms with Crippen molar-refractivity contribution in [3.8, 4) is 0 Å². The lowest BCUT2D eigenvalue weighted by atomic mass is 9.91. The SMILES string of the molecule is CC(N)CCS(=O)(=O)CC1CCCCC1. The van der Waals surface area contributed by atoms with Crippen molar-refractivity contribution in [3.63, 3.8) is 0 Å². The fourth-order valence-electron chi connectivity index (χ4n) is 2.16. The van der Waals surface area contributed by atoms with E-state index in [4.69, 9.17) is 5.73 Å². The maximum Gasteiger partial charge on any atom is 0.150 e. The van der Waals surface area contributed by atoms with Crippen molar-refractivity contribution in [2.45, 2.75) is 51.5 Å². The zero-order valence-corrected chi connectivity index (χ0v) is 10.4. The van der Waals surface area contributed by atoms with Crippen LogP contribution in [0.25, 0.3) is 0 Å². The van der Waals surface area contributed by atoms with Crippen molar-refractivity contribution in [3.05, 3.63) is 0 Å². The molecule has 1 aliphatic carbocycles. The summed E-state index contributed by atoms with van der Waals surface area (Å²) < 4.78 is 23.5. The Morgan fingerprint density at radius 2 is 1.87 bits per heavy atom. The number of rotatable bonds is 5. The van der Waals surface area contributed by atoms with E-state index in [0.717, 1.165) is 12.8 Å². The molecular formula is C11H23NO2S. The second-order valence-electron chi connectivity index (χ2n) is 4.88. The van der Waals surface area contributed by atoms with Crippen molar-refractivity contribution in [2.24, 2.45) is 11.7 Å². The highest BCUT2D eigenvalue weighted by atomic mass is 32.2. The summed E-state index contributed by atoms with van der Waals surface area (Å²) in [4.78, 5) is 0. The molecule has 0 bridgehead atoms. The van der Waals surface area contributed by atoms with Crippen molar-refractivity contribution >= 4 is 9.84 Å². The average molecular weight is 233 g/mol. The van der Waals surface area contributed by atoms with Crippen LogP contribution in [0.2, 0.25) is 0 Å². The molecule has 90 valence electrons. The molecular weight excluding hydrogens is 210 g/mol. The van der Waals surface area contributed by atoms with E-state index in [1.807, 2.05) is 6.92 Å². The largest absolute Gasteiger partial charge is 0.328 e. The quantitative estimate of drug-likeness (QED) is 0.786. The third-order valence-corrected chi connectivity index (χ3v) is 4.94. The molecule has 1 rings (SSSR count). The first-order chi connectivity index (χ1) is 6.99. The molecule has 0 radical (unpaired) electrons. The molecule has 0 aromatic rings. The third kappa shape index (κ3) is 5.52. The van der Waals surface area contributed by atoms with E-state index in [-0.39, 0.29) is 11.8 Å². The van der Waals surface area contributed by atoms with Crippen LogP contribution in [0.1, 0.15) is 45.4 Å². The monoisotopic (exact) mass is 233 g/mol. The van der Waals surface area contributed by atoms with Crippen LogP contribution in [0.4, 0.5) is 0 Å². The summed E-state index contributed by atoms with van der Waals surface area (Å²) in [6, 6.07) is -0.00821. The lowest BCUT2D eigenvalue weighted by molar-refractivity contribution is 0.385. The fourth-order valence-corrected chi connectivity index (χ4v) is 4.11. The van der Waals surface area contributed by atoms with Gasteiger partial charge in [0.05, 0.1) is 11.5 Å². The standard InChI is InChI=1S/C11H23NO2S/c1-10(12)7-8-15(13,14)9-11-5-3-2-4-6-11/h10-11H,2-9,12H2,1H3. The molecule has 0 aromatic heterocycles. The molecule has 4 heteroatoms. The van der Waals surface area contributed by atoms with Gasteiger partial charge < -0.3 is 5.73 Å². The molecule has 1 aliphatic rings. The van der Waals surface area contributed by atoms with Crippen molar-refractivity contribution in [1.29, 1.82) is 0 Å². The Bertz CT molecular complexity index is 266. The Kier molecular flexibility index (Phi) is 5.06. The predicted molar refractivity (Wildman–Crippen MR) is 63.5 cm³/mol. The van der Waals surface area contributed by atoms with Gasteiger partial charge in [0.2, 0.25) is 0 Å². The average Bonchev–Trinajstić information content (AvgIpc) is 2.16. The van der Waals surface area contributed by atoms with E-state index in [9.17, 15) is 8.42 Å². The highest BCUT2D eigenvalue weighted by Crippen LogP contribution is 2.25. The van der Waals surface area contributed by atoms with Crippen LogP contribution in [0, 0.1) is 5.92 Å². The Morgan fingerprint density at radius 3 is 2.40 bits per heavy atom. The van der Waals surface area contributed by atoms with Gasteiger partial charge in [-0.2, -0.15) is 0 Å². The van der Waals surface area contributed by atoms with E-state index >= 15 is 0 Å². The second kappa shape index (κ2) is 5.85. The number of hydrogen-bond donors (Lipinski definition) is 1.